The van der Waals surface area contributed by atoms with E-state index in [-0.39, 0.29) is 0 Å². The highest BCUT2D eigenvalue weighted by Crippen LogP contribution is 2.31. The number of rotatable bonds is 1. The summed E-state index contributed by atoms with van der Waals surface area (Å²) in [4.78, 5) is 3.14. The average Bonchev–Trinajstić information content (AvgIpc) is 2.78. The minimum Gasteiger partial charge on any atom is -0.330 e. The number of aromatic amines is 1. The van der Waals surface area contributed by atoms with Crippen LogP contribution in [0.3, 0.4) is 0 Å². The van der Waals surface area contributed by atoms with Gasteiger partial charge in [-0.25, -0.2) is 0 Å². The van der Waals surface area contributed by atoms with Gasteiger partial charge in [0.15, 0.2) is 4.77 Å². The first-order valence-corrected chi connectivity index (χ1v) is 7.70. The summed E-state index contributed by atoms with van der Waals surface area (Å²) in [5.74, 6) is 0. The average molecular weight is 379 g/mol. The van der Waals surface area contributed by atoms with E-state index in [1.807, 2.05) is 35.8 Å². The predicted octanol–water partition coefficient (Wildman–Crippen LogP) is 5.28. The number of aryl methyl sites for hydroxylation is 1. The Morgan fingerprint density at radius 3 is 2.81 bits per heavy atom. The zero-order valence-electron chi connectivity index (χ0n) is 10.9. The lowest BCUT2D eigenvalue weighted by molar-refractivity contribution is 1.05. The lowest BCUT2D eigenvalue weighted by Crippen LogP contribution is -1.96. The zero-order chi connectivity index (χ0) is 15.1. The van der Waals surface area contributed by atoms with Crippen LogP contribution in [-0.4, -0.2) is 9.55 Å². The molecule has 0 radical (unpaired) electrons. The molecule has 0 aliphatic heterocycles. The number of fused-ring (bicyclic) bond motifs is 1. The summed E-state index contributed by atoms with van der Waals surface area (Å²) >= 11 is 15.2. The number of halogens is 2. The largest absolute Gasteiger partial charge is 0.330 e. The molecule has 21 heavy (non-hydrogen) atoms. The van der Waals surface area contributed by atoms with E-state index < -0.39 is 0 Å². The standard InChI is InChI=1S/C15H9BrClN3S/c1-8-4-10(16)13(6-11(8)17)20-14-5-9(7-18)2-3-12(14)19-15(20)21/h2-6H,1H3,(H,19,21). The number of nitriles is 1. The maximum Gasteiger partial charge on any atom is 0.182 e. The van der Waals surface area contributed by atoms with E-state index in [1.165, 1.54) is 0 Å². The number of hydrogen-bond donors (Lipinski definition) is 1. The molecule has 0 fully saturated rings. The molecular weight excluding hydrogens is 370 g/mol. The number of hydrogen-bond acceptors (Lipinski definition) is 2. The van der Waals surface area contributed by atoms with Gasteiger partial charge in [-0.3, -0.25) is 4.57 Å². The second-order valence-corrected chi connectivity index (χ2v) is 6.31. The molecular formula is C15H9BrClN3S. The van der Waals surface area contributed by atoms with Gasteiger partial charge < -0.3 is 4.98 Å². The van der Waals surface area contributed by atoms with Gasteiger partial charge in [-0.15, -0.1) is 0 Å². The van der Waals surface area contributed by atoms with Crippen LogP contribution in [0.2, 0.25) is 5.02 Å². The van der Waals surface area contributed by atoms with Crippen LogP contribution in [0.1, 0.15) is 11.1 Å². The van der Waals surface area contributed by atoms with Crippen LogP contribution in [0.15, 0.2) is 34.8 Å². The topological polar surface area (TPSA) is 44.5 Å². The number of aromatic nitrogens is 2. The second-order valence-electron chi connectivity index (χ2n) is 4.66. The predicted molar refractivity (Wildman–Crippen MR) is 90.6 cm³/mol. The Kier molecular flexibility index (Phi) is 3.62. The molecule has 0 saturated heterocycles. The monoisotopic (exact) mass is 377 g/mol. The molecule has 3 aromatic rings. The van der Waals surface area contributed by atoms with E-state index >= 15 is 0 Å². The summed E-state index contributed by atoms with van der Waals surface area (Å²) in [6.07, 6.45) is 0. The summed E-state index contributed by atoms with van der Waals surface area (Å²) < 4.78 is 3.32. The van der Waals surface area contributed by atoms with Gasteiger partial charge >= 0.3 is 0 Å². The Balaban J connectivity index is 2.40. The van der Waals surface area contributed by atoms with Crippen LogP contribution < -0.4 is 0 Å². The van der Waals surface area contributed by atoms with E-state index in [0.29, 0.717) is 15.4 Å². The van der Waals surface area contributed by atoms with Gasteiger partial charge in [0.1, 0.15) is 0 Å². The van der Waals surface area contributed by atoms with Crippen molar-refractivity contribution in [3.63, 3.8) is 0 Å². The maximum atomic E-state index is 9.07. The van der Waals surface area contributed by atoms with Crippen molar-refractivity contribution in [2.24, 2.45) is 0 Å². The summed E-state index contributed by atoms with van der Waals surface area (Å²) in [6, 6.07) is 11.4. The Morgan fingerprint density at radius 1 is 1.33 bits per heavy atom. The molecule has 0 aliphatic rings. The van der Waals surface area contributed by atoms with Crippen LogP contribution in [0.4, 0.5) is 0 Å². The fourth-order valence-electron chi connectivity index (χ4n) is 2.22. The number of imidazole rings is 1. The third-order valence-electron chi connectivity index (χ3n) is 3.28. The molecule has 0 atom stereocenters. The van der Waals surface area contributed by atoms with E-state index in [0.717, 1.165) is 26.8 Å². The van der Waals surface area contributed by atoms with Gasteiger partial charge in [0.2, 0.25) is 0 Å². The van der Waals surface area contributed by atoms with Gasteiger partial charge in [-0.05, 0) is 71.0 Å². The molecule has 0 spiro atoms. The Labute approximate surface area is 139 Å². The molecule has 0 aliphatic carbocycles. The highest BCUT2D eigenvalue weighted by atomic mass is 79.9. The minimum atomic E-state index is 0.556. The first kappa shape index (κ1) is 14.3. The third kappa shape index (κ3) is 2.40. The molecule has 0 saturated carbocycles. The van der Waals surface area contributed by atoms with Gasteiger partial charge in [0.25, 0.3) is 0 Å². The van der Waals surface area contributed by atoms with E-state index in [2.05, 4.69) is 27.0 Å². The third-order valence-corrected chi connectivity index (χ3v) is 4.61. The molecule has 3 rings (SSSR count). The van der Waals surface area contributed by atoms with E-state index in [1.54, 1.807) is 6.07 Å². The van der Waals surface area contributed by atoms with Crippen molar-refractivity contribution < 1.29 is 0 Å². The summed E-state index contributed by atoms with van der Waals surface area (Å²) in [7, 11) is 0. The molecule has 6 heteroatoms. The number of nitrogens with one attached hydrogen (secondary N) is 1. The lowest BCUT2D eigenvalue weighted by Gasteiger charge is -2.10. The molecule has 104 valence electrons. The number of nitrogens with zero attached hydrogens (tertiary/aromatic N) is 2. The zero-order valence-corrected chi connectivity index (χ0v) is 14.1. The van der Waals surface area contributed by atoms with E-state index in [4.69, 9.17) is 29.1 Å². The first-order chi connectivity index (χ1) is 10.0. The highest BCUT2D eigenvalue weighted by molar-refractivity contribution is 9.10. The number of H-pyrrole nitrogens is 1. The van der Waals surface area contributed by atoms with Crippen LogP contribution >= 0.6 is 39.7 Å². The highest BCUT2D eigenvalue weighted by Gasteiger charge is 2.12. The van der Waals surface area contributed by atoms with Gasteiger partial charge in [0.05, 0.1) is 28.4 Å². The fraction of sp³-hybridized carbons (Fsp3) is 0.0667. The van der Waals surface area contributed by atoms with E-state index in [9.17, 15) is 0 Å². The summed E-state index contributed by atoms with van der Waals surface area (Å²) in [6.45, 7) is 1.94. The van der Waals surface area contributed by atoms with Crippen LogP contribution in [0.25, 0.3) is 16.7 Å². The van der Waals surface area contributed by atoms with Crippen molar-refractivity contribution in [2.45, 2.75) is 6.92 Å². The summed E-state index contributed by atoms with van der Waals surface area (Å²) in [5.41, 5.74) is 4.13. The van der Waals surface area contributed by atoms with Crippen LogP contribution in [0.5, 0.6) is 0 Å². The second kappa shape index (κ2) is 5.30. The van der Waals surface area contributed by atoms with Crippen LogP contribution in [0, 0.1) is 23.0 Å². The quantitative estimate of drug-likeness (QED) is 0.585. The van der Waals surface area contributed by atoms with Crippen molar-refractivity contribution in [3.8, 4) is 11.8 Å². The SMILES string of the molecule is Cc1cc(Br)c(-n2c(=S)[nH]c3ccc(C#N)cc32)cc1Cl. The van der Waals surface area contributed by atoms with Gasteiger partial charge in [0, 0.05) is 9.50 Å². The Hall–Kier alpha value is -1.61. The van der Waals surface area contributed by atoms with Gasteiger partial charge in [-0.1, -0.05) is 11.6 Å². The van der Waals surface area contributed by atoms with Crippen molar-refractivity contribution >= 4 is 50.8 Å². The van der Waals surface area contributed by atoms with Crippen molar-refractivity contribution in [1.29, 1.82) is 5.26 Å². The summed E-state index contributed by atoms with van der Waals surface area (Å²) in [5, 5.41) is 9.74. The fourth-order valence-corrected chi connectivity index (χ4v) is 3.32. The first-order valence-electron chi connectivity index (χ1n) is 6.12. The minimum absolute atomic E-state index is 0.556. The molecule has 1 heterocycles. The normalized spacial score (nSPS) is 10.8. The van der Waals surface area contributed by atoms with Crippen molar-refractivity contribution in [1.82, 2.24) is 9.55 Å². The molecule has 3 nitrogen and oxygen atoms in total. The van der Waals surface area contributed by atoms with Gasteiger partial charge in [-0.2, -0.15) is 5.26 Å². The molecule has 1 N–H and O–H groups in total. The molecule has 1 aromatic heterocycles. The molecule has 0 bridgehead atoms. The Bertz CT molecular complexity index is 965. The Morgan fingerprint density at radius 2 is 2.10 bits per heavy atom. The molecule has 2 aromatic carbocycles. The smallest absolute Gasteiger partial charge is 0.182 e. The number of benzene rings is 2. The van der Waals surface area contributed by atoms with Crippen molar-refractivity contribution in [3.05, 3.63) is 55.7 Å². The lowest BCUT2D eigenvalue weighted by atomic mass is 10.2. The molecule has 0 amide bonds. The maximum absolute atomic E-state index is 9.07. The van der Waals surface area contributed by atoms with Crippen molar-refractivity contribution in [2.75, 3.05) is 0 Å². The van der Waals surface area contributed by atoms with Crippen LogP contribution in [-0.2, 0) is 0 Å². The molecule has 0 unspecified atom stereocenters.